The molecule has 0 spiro atoms. The van der Waals surface area contributed by atoms with Crippen LogP contribution < -0.4 is 5.32 Å². The number of hydrogen-bond donors (Lipinski definition) is 1. The number of ether oxygens (including phenoxy) is 1. The molecular weight excluding hydrogens is 468 g/mol. The molecular formula is C22H23ClN4O3S2. The Hall–Kier alpha value is -2.49. The van der Waals surface area contributed by atoms with Gasteiger partial charge in [-0.1, -0.05) is 41.6 Å². The first-order valence-electron chi connectivity index (χ1n) is 9.99. The molecule has 0 fully saturated rings. The Morgan fingerprint density at radius 3 is 2.53 bits per heavy atom. The number of thioether (sulfide) groups is 2. The fraction of sp³-hybridized carbons (Fsp3) is 0.273. The maximum absolute atomic E-state index is 12.1. The lowest BCUT2D eigenvalue weighted by Gasteiger charge is -2.08. The van der Waals surface area contributed by atoms with Crippen LogP contribution in [0.5, 0.6) is 0 Å². The number of benzene rings is 2. The molecule has 0 aliphatic heterocycles. The summed E-state index contributed by atoms with van der Waals surface area (Å²) in [4.78, 5) is 25.1. The number of rotatable bonds is 11. The van der Waals surface area contributed by atoms with Gasteiger partial charge in [-0.15, -0.1) is 22.0 Å². The predicted molar refractivity (Wildman–Crippen MR) is 128 cm³/mol. The van der Waals surface area contributed by atoms with Gasteiger partial charge in [0.05, 0.1) is 5.75 Å². The van der Waals surface area contributed by atoms with Crippen molar-refractivity contribution in [2.24, 2.45) is 0 Å². The standard InChI is InChI=1S/C22H23ClN4O3S2/c1-2-27-21(16-8-10-17(23)11-9-16)25-26-22(27)32-15-20(29)30-14-19(28)24-12-13-31-18-6-4-3-5-7-18/h3-11H,2,12-15H2,1H3,(H,24,28). The van der Waals surface area contributed by atoms with Crippen LogP contribution in [0.3, 0.4) is 0 Å². The first-order valence-corrected chi connectivity index (χ1v) is 12.3. The van der Waals surface area contributed by atoms with Crippen molar-refractivity contribution in [3.63, 3.8) is 0 Å². The molecule has 0 saturated heterocycles. The van der Waals surface area contributed by atoms with Gasteiger partial charge >= 0.3 is 5.97 Å². The summed E-state index contributed by atoms with van der Waals surface area (Å²) in [6, 6.07) is 17.3. The molecule has 0 radical (unpaired) electrons. The van der Waals surface area contributed by atoms with Crippen LogP contribution >= 0.6 is 35.1 Å². The minimum Gasteiger partial charge on any atom is -0.455 e. The van der Waals surface area contributed by atoms with Gasteiger partial charge in [0.15, 0.2) is 17.6 Å². The van der Waals surface area contributed by atoms with Crippen molar-refractivity contribution in [1.82, 2.24) is 20.1 Å². The number of amides is 1. The quantitative estimate of drug-likeness (QED) is 0.245. The highest BCUT2D eigenvalue weighted by Gasteiger charge is 2.15. The summed E-state index contributed by atoms with van der Waals surface area (Å²) in [5, 5.41) is 12.4. The molecule has 0 bridgehead atoms. The largest absolute Gasteiger partial charge is 0.455 e. The highest BCUT2D eigenvalue weighted by molar-refractivity contribution is 7.99. The summed E-state index contributed by atoms with van der Waals surface area (Å²) in [6.07, 6.45) is 0. The average Bonchev–Trinajstić information content (AvgIpc) is 3.23. The molecule has 32 heavy (non-hydrogen) atoms. The summed E-state index contributed by atoms with van der Waals surface area (Å²) in [7, 11) is 0. The molecule has 0 unspecified atom stereocenters. The molecule has 3 aromatic rings. The van der Waals surface area contributed by atoms with Crippen molar-refractivity contribution < 1.29 is 14.3 Å². The van der Waals surface area contributed by atoms with Gasteiger partial charge in [-0.25, -0.2) is 0 Å². The minimum atomic E-state index is -0.484. The number of hydrogen-bond acceptors (Lipinski definition) is 7. The lowest BCUT2D eigenvalue weighted by atomic mass is 10.2. The Morgan fingerprint density at radius 2 is 1.81 bits per heavy atom. The van der Waals surface area contributed by atoms with Crippen LogP contribution in [0.2, 0.25) is 5.02 Å². The van der Waals surface area contributed by atoms with E-state index in [1.165, 1.54) is 11.8 Å². The van der Waals surface area contributed by atoms with Crippen molar-refractivity contribution in [2.75, 3.05) is 24.7 Å². The molecule has 1 amide bonds. The van der Waals surface area contributed by atoms with E-state index in [-0.39, 0.29) is 18.3 Å². The van der Waals surface area contributed by atoms with Gasteiger partial charge in [0.1, 0.15) is 0 Å². The number of halogens is 1. The molecule has 10 heteroatoms. The first kappa shape index (κ1) is 24.2. The molecule has 1 aromatic heterocycles. The summed E-state index contributed by atoms with van der Waals surface area (Å²) >= 11 is 8.82. The van der Waals surface area contributed by atoms with Crippen LogP contribution in [0.25, 0.3) is 11.4 Å². The SMILES string of the molecule is CCn1c(SCC(=O)OCC(=O)NCCSc2ccccc2)nnc1-c1ccc(Cl)cc1. The Balaban J connectivity index is 1.39. The van der Waals surface area contributed by atoms with E-state index in [2.05, 4.69) is 15.5 Å². The topological polar surface area (TPSA) is 86.1 Å². The van der Waals surface area contributed by atoms with Crippen LogP contribution in [0.15, 0.2) is 64.6 Å². The van der Waals surface area contributed by atoms with Crippen LogP contribution in [-0.2, 0) is 20.9 Å². The first-order chi connectivity index (χ1) is 15.6. The number of esters is 1. The summed E-state index contributed by atoms with van der Waals surface area (Å²) < 4.78 is 6.98. The molecule has 1 N–H and O–H groups in total. The molecule has 0 saturated carbocycles. The van der Waals surface area contributed by atoms with Crippen LogP contribution in [0.4, 0.5) is 0 Å². The zero-order chi connectivity index (χ0) is 22.8. The smallest absolute Gasteiger partial charge is 0.316 e. The van der Waals surface area contributed by atoms with E-state index < -0.39 is 5.97 Å². The maximum atomic E-state index is 12.1. The van der Waals surface area contributed by atoms with Crippen LogP contribution in [0, 0.1) is 0 Å². The molecule has 2 aromatic carbocycles. The Kier molecular flexibility index (Phi) is 9.45. The zero-order valence-electron chi connectivity index (χ0n) is 17.5. The molecule has 0 aliphatic rings. The summed E-state index contributed by atoms with van der Waals surface area (Å²) in [6.45, 7) is 2.82. The highest BCUT2D eigenvalue weighted by atomic mass is 35.5. The normalized spacial score (nSPS) is 10.7. The molecule has 1 heterocycles. The summed E-state index contributed by atoms with van der Waals surface area (Å²) in [5.41, 5.74) is 0.889. The van der Waals surface area contributed by atoms with Gasteiger partial charge in [0.25, 0.3) is 5.91 Å². The second kappa shape index (κ2) is 12.5. The summed E-state index contributed by atoms with van der Waals surface area (Å²) in [5.74, 6) is 0.673. The Labute approximate surface area is 200 Å². The van der Waals surface area contributed by atoms with Gasteiger partial charge in [0, 0.05) is 34.3 Å². The average molecular weight is 491 g/mol. The van der Waals surface area contributed by atoms with E-state index in [4.69, 9.17) is 16.3 Å². The van der Waals surface area contributed by atoms with Crippen molar-refractivity contribution in [3.8, 4) is 11.4 Å². The Bertz CT molecular complexity index is 1030. The van der Waals surface area contributed by atoms with Gasteiger partial charge in [0.2, 0.25) is 0 Å². The maximum Gasteiger partial charge on any atom is 0.316 e. The van der Waals surface area contributed by atoms with E-state index in [0.717, 1.165) is 16.2 Å². The zero-order valence-corrected chi connectivity index (χ0v) is 19.9. The third-order valence-electron chi connectivity index (χ3n) is 4.26. The van der Waals surface area contributed by atoms with E-state index in [9.17, 15) is 9.59 Å². The van der Waals surface area contributed by atoms with Crippen molar-refractivity contribution in [2.45, 2.75) is 23.5 Å². The number of aromatic nitrogens is 3. The fourth-order valence-corrected chi connectivity index (χ4v) is 4.45. The van der Waals surface area contributed by atoms with Crippen LogP contribution in [-0.4, -0.2) is 51.3 Å². The second-order valence-corrected chi connectivity index (χ2v) is 9.07. The second-order valence-electron chi connectivity index (χ2n) is 6.52. The third kappa shape index (κ3) is 7.29. The van der Waals surface area contributed by atoms with E-state index in [1.807, 2.05) is 54.0 Å². The third-order valence-corrected chi connectivity index (χ3v) is 6.46. The lowest BCUT2D eigenvalue weighted by Crippen LogP contribution is -2.30. The predicted octanol–water partition coefficient (Wildman–Crippen LogP) is 4.16. The molecule has 0 atom stereocenters. The molecule has 3 rings (SSSR count). The highest BCUT2D eigenvalue weighted by Crippen LogP contribution is 2.25. The minimum absolute atomic E-state index is 0.0376. The van der Waals surface area contributed by atoms with Crippen LogP contribution in [0.1, 0.15) is 6.92 Å². The fourth-order valence-electron chi connectivity index (χ4n) is 2.73. The molecule has 7 nitrogen and oxygen atoms in total. The monoisotopic (exact) mass is 490 g/mol. The van der Waals surface area contributed by atoms with Crippen molar-refractivity contribution in [3.05, 3.63) is 59.6 Å². The number of carbonyl (C=O) groups is 2. The molecule has 168 valence electrons. The van der Waals surface area contributed by atoms with Gasteiger partial charge in [-0.2, -0.15) is 0 Å². The number of nitrogens with zero attached hydrogens (tertiary/aromatic N) is 3. The van der Waals surface area contributed by atoms with Gasteiger partial charge in [-0.05, 0) is 43.3 Å². The van der Waals surface area contributed by atoms with E-state index in [0.29, 0.717) is 29.1 Å². The Morgan fingerprint density at radius 1 is 1.06 bits per heavy atom. The van der Waals surface area contributed by atoms with E-state index >= 15 is 0 Å². The van der Waals surface area contributed by atoms with Crippen molar-refractivity contribution >= 4 is 47.0 Å². The van der Waals surface area contributed by atoms with Crippen molar-refractivity contribution in [1.29, 1.82) is 0 Å². The lowest BCUT2D eigenvalue weighted by molar-refractivity contribution is -0.145. The van der Waals surface area contributed by atoms with E-state index in [1.54, 1.807) is 23.9 Å². The number of nitrogens with one attached hydrogen (secondary N) is 1. The van der Waals surface area contributed by atoms with Gasteiger partial charge < -0.3 is 14.6 Å². The van der Waals surface area contributed by atoms with Gasteiger partial charge in [-0.3, -0.25) is 9.59 Å². The molecule has 0 aliphatic carbocycles. The number of carbonyl (C=O) groups excluding carboxylic acids is 2.